The van der Waals surface area contributed by atoms with Gasteiger partial charge in [-0.05, 0) is 31.4 Å². The van der Waals surface area contributed by atoms with Gasteiger partial charge in [0.15, 0.2) is 0 Å². The van der Waals surface area contributed by atoms with Gasteiger partial charge in [0, 0.05) is 6.54 Å². The monoisotopic (exact) mass is 151 g/mol. The highest BCUT2D eigenvalue weighted by atomic mass is 14.8. The molecule has 11 heavy (non-hydrogen) atoms. The van der Waals surface area contributed by atoms with Gasteiger partial charge in [0.05, 0.1) is 0 Å². The molecule has 1 aliphatic carbocycles. The molecule has 1 aliphatic rings. The minimum Gasteiger partial charge on any atom is -0.316 e. The summed E-state index contributed by atoms with van der Waals surface area (Å²) in [7, 11) is 1.99. The fourth-order valence-electron chi connectivity index (χ4n) is 1.43. The van der Waals surface area contributed by atoms with Crippen LogP contribution in [-0.4, -0.2) is 13.6 Å². The lowest BCUT2D eigenvalue weighted by molar-refractivity contribution is 0.624. The summed E-state index contributed by atoms with van der Waals surface area (Å²) in [5.41, 5.74) is 1.44. The summed E-state index contributed by atoms with van der Waals surface area (Å²) in [6.45, 7) is 3.25. The topological polar surface area (TPSA) is 12.0 Å². The Labute approximate surface area is 69.2 Å². The third kappa shape index (κ3) is 2.51. The normalized spacial score (nSPS) is 23.5. The Balaban J connectivity index is 2.49. The van der Waals surface area contributed by atoms with Crippen molar-refractivity contribution < 1.29 is 0 Å². The van der Waals surface area contributed by atoms with Crippen molar-refractivity contribution in [1.29, 1.82) is 0 Å². The summed E-state index contributed by atoms with van der Waals surface area (Å²) >= 11 is 0. The van der Waals surface area contributed by atoms with Crippen molar-refractivity contribution in [1.82, 2.24) is 5.32 Å². The van der Waals surface area contributed by atoms with Crippen LogP contribution in [0.5, 0.6) is 0 Å². The largest absolute Gasteiger partial charge is 0.316 e. The molecule has 0 saturated heterocycles. The van der Waals surface area contributed by atoms with Crippen LogP contribution in [0.15, 0.2) is 23.8 Å². The third-order valence-corrected chi connectivity index (χ3v) is 2.13. The molecular weight excluding hydrogens is 134 g/mol. The van der Waals surface area contributed by atoms with E-state index in [0.717, 1.165) is 12.5 Å². The number of allylic oxidation sites excluding steroid dienone is 2. The predicted octanol–water partition coefficient (Wildman–Crippen LogP) is 2.12. The van der Waals surface area contributed by atoms with Crippen molar-refractivity contribution in [3.63, 3.8) is 0 Å². The molecular formula is C10H17N. The van der Waals surface area contributed by atoms with Crippen molar-refractivity contribution in [2.45, 2.75) is 19.8 Å². The predicted molar refractivity (Wildman–Crippen MR) is 49.5 cm³/mol. The van der Waals surface area contributed by atoms with Crippen LogP contribution in [0.25, 0.3) is 0 Å². The molecule has 0 aromatic rings. The SMILES string of the molecule is CCC1C=C(CNC)C=CC1. The van der Waals surface area contributed by atoms with Gasteiger partial charge in [0.1, 0.15) is 0 Å². The Morgan fingerprint density at radius 1 is 1.64 bits per heavy atom. The number of rotatable bonds is 3. The molecule has 0 aromatic heterocycles. The van der Waals surface area contributed by atoms with Crippen LogP contribution in [0.1, 0.15) is 19.8 Å². The lowest BCUT2D eigenvalue weighted by Crippen LogP contribution is -2.12. The Bertz CT molecular complexity index is 168. The minimum atomic E-state index is 0.781. The van der Waals surface area contributed by atoms with Gasteiger partial charge in [-0.2, -0.15) is 0 Å². The first-order valence-corrected chi connectivity index (χ1v) is 4.38. The molecule has 0 saturated carbocycles. The van der Waals surface area contributed by atoms with Crippen LogP contribution in [0.3, 0.4) is 0 Å². The van der Waals surface area contributed by atoms with Crippen molar-refractivity contribution >= 4 is 0 Å². The highest BCUT2D eigenvalue weighted by molar-refractivity contribution is 5.24. The summed E-state index contributed by atoms with van der Waals surface area (Å²) < 4.78 is 0. The van der Waals surface area contributed by atoms with E-state index in [9.17, 15) is 0 Å². The first-order valence-electron chi connectivity index (χ1n) is 4.38. The molecule has 0 amide bonds. The molecule has 0 aliphatic heterocycles. The molecule has 0 heterocycles. The highest BCUT2D eigenvalue weighted by Crippen LogP contribution is 2.18. The summed E-state index contributed by atoms with van der Waals surface area (Å²) in [6.07, 6.45) is 9.38. The van der Waals surface area contributed by atoms with E-state index in [4.69, 9.17) is 0 Å². The summed E-state index contributed by atoms with van der Waals surface area (Å²) in [5.74, 6) is 0.781. The van der Waals surface area contributed by atoms with Crippen LogP contribution >= 0.6 is 0 Å². The molecule has 1 heteroatoms. The lowest BCUT2D eigenvalue weighted by atomic mass is 9.94. The number of nitrogens with one attached hydrogen (secondary N) is 1. The van der Waals surface area contributed by atoms with Crippen LogP contribution < -0.4 is 5.32 Å². The van der Waals surface area contributed by atoms with E-state index in [1.54, 1.807) is 0 Å². The van der Waals surface area contributed by atoms with Crippen LogP contribution in [0.2, 0.25) is 0 Å². The van der Waals surface area contributed by atoms with Gasteiger partial charge in [-0.25, -0.2) is 0 Å². The van der Waals surface area contributed by atoms with E-state index < -0.39 is 0 Å². The van der Waals surface area contributed by atoms with Gasteiger partial charge in [-0.1, -0.05) is 25.2 Å². The van der Waals surface area contributed by atoms with Crippen molar-refractivity contribution in [2.75, 3.05) is 13.6 Å². The zero-order chi connectivity index (χ0) is 8.10. The molecule has 1 N–H and O–H groups in total. The summed E-state index contributed by atoms with van der Waals surface area (Å²) in [5, 5.41) is 3.16. The second kappa shape index (κ2) is 4.35. The Hall–Kier alpha value is -0.560. The van der Waals surface area contributed by atoms with Gasteiger partial charge in [-0.15, -0.1) is 0 Å². The molecule has 0 radical (unpaired) electrons. The Morgan fingerprint density at radius 3 is 3.09 bits per heavy atom. The molecule has 1 rings (SSSR count). The van der Waals surface area contributed by atoms with Gasteiger partial charge >= 0.3 is 0 Å². The molecule has 0 aromatic carbocycles. The number of likely N-dealkylation sites (N-methyl/N-ethyl adjacent to an activating group) is 1. The van der Waals surface area contributed by atoms with E-state index >= 15 is 0 Å². The molecule has 0 fully saturated rings. The van der Waals surface area contributed by atoms with Crippen molar-refractivity contribution in [2.24, 2.45) is 5.92 Å². The maximum Gasteiger partial charge on any atom is 0.0199 e. The maximum absolute atomic E-state index is 3.16. The molecule has 0 bridgehead atoms. The zero-order valence-electron chi connectivity index (χ0n) is 7.43. The van der Waals surface area contributed by atoms with Gasteiger partial charge < -0.3 is 5.32 Å². The standard InChI is InChI=1S/C10H17N/c1-3-9-5-4-6-10(7-9)8-11-2/h4,6-7,9,11H,3,5,8H2,1-2H3. The number of hydrogen-bond acceptors (Lipinski definition) is 1. The van der Waals surface area contributed by atoms with E-state index in [1.165, 1.54) is 18.4 Å². The van der Waals surface area contributed by atoms with E-state index in [1.807, 2.05) is 7.05 Å². The smallest absolute Gasteiger partial charge is 0.0199 e. The molecule has 1 nitrogen and oxygen atoms in total. The van der Waals surface area contributed by atoms with Crippen molar-refractivity contribution in [3.8, 4) is 0 Å². The second-order valence-corrected chi connectivity index (χ2v) is 3.08. The minimum absolute atomic E-state index is 0.781. The second-order valence-electron chi connectivity index (χ2n) is 3.08. The number of hydrogen-bond donors (Lipinski definition) is 1. The van der Waals surface area contributed by atoms with Crippen LogP contribution in [-0.2, 0) is 0 Å². The van der Waals surface area contributed by atoms with E-state index in [-0.39, 0.29) is 0 Å². The average molecular weight is 151 g/mol. The first-order chi connectivity index (χ1) is 5.36. The lowest BCUT2D eigenvalue weighted by Gasteiger charge is -2.14. The van der Waals surface area contributed by atoms with Gasteiger partial charge in [0.25, 0.3) is 0 Å². The van der Waals surface area contributed by atoms with Crippen LogP contribution in [0.4, 0.5) is 0 Å². The summed E-state index contributed by atoms with van der Waals surface area (Å²) in [6, 6.07) is 0. The summed E-state index contributed by atoms with van der Waals surface area (Å²) in [4.78, 5) is 0. The third-order valence-electron chi connectivity index (χ3n) is 2.13. The average Bonchev–Trinajstić information content (AvgIpc) is 2.06. The maximum atomic E-state index is 3.16. The first kappa shape index (κ1) is 8.54. The van der Waals surface area contributed by atoms with Gasteiger partial charge in [0.2, 0.25) is 0 Å². The fourth-order valence-corrected chi connectivity index (χ4v) is 1.43. The van der Waals surface area contributed by atoms with E-state index in [2.05, 4.69) is 30.5 Å². The quantitative estimate of drug-likeness (QED) is 0.651. The van der Waals surface area contributed by atoms with E-state index in [0.29, 0.717) is 0 Å². The molecule has 1 unspecified atom stereocenters. The molecule has 62 valence electrons. The van der Waals surface area contributed by atoms with Crippen LogP contribution in [0, 0.1) is 5.92 Å². The van der Waals surface area contributed by atoms with Gasteiger partial charge in [-0.3, -0.25) is 0 Å². The zero-order valence-corrected chi connectivity index (χ0v) is 7.43. The molecule has 0 spiro atoms. The Morgan fingerprint density at radius 2 is 2.45 bits per heavy atom. The van der Waals surface area contributed by atoms with Crippen molar-refractivity contribution in [3.05, 3.63) is 23.8 Å². The Kier molecular flexibility index (Phi) is 3.37. The molecule has 1 atom stereocenters. The fraction of sp³-hybridized carbons (Fsp3) is 0.600. The highest BCUT2D eigenvalue weighted by Gasteiger charge is 2.05.